The Balaban J connectivity index is 2.14. The van der Waals surface area contributed by atoms with Crippen LogP contribution in [0.4, 0.5) is 8.78 Å². The average molecular weight is 328 g/mol. The molecule has 0 saturated heterocycles. The zero-order valence-electron chi connectivity index (χ0n) is 12.9. The molecule has 5 nitrogen and oxygen atoms in total. The number of ketones is 1. The number of ether oxygens (including phenoxy) is 2. The monoisotopic (exact) mass is 328 g/mol. The van der Waals surface area contributed by atoms with Crippen LogP contribution >= 0.6 is 0 Å². The van der Waals surface area contributed by atoms with Gasteiger partial charge in [-0.15, -0.1) is 0 Å². The number of alkyl halides is 1. The second kappa shape index (κ2) is 6.52. The molecule has 1 aliphatic carbocycles. The first-order chi connectivity index (χ1) is 10.8. The molecular formula is C16H18F2O5. The lowest BCUT2D eigenvalue weighted by Gasteiger charge is -2.32. The molecule has 126 valence electrons. The van der Waals surface area contributed by atoms with Gasteiger partial charge in [0.25, 0.3) is 0 Å². The quantitative estimate of drug-likeness (QED) is 0.899. The van der Waals surface area contributed by atoms with Crippen molar-refractivity contribution in [2.45, 2.75) is 44.4 Å². The van der Waals surface area contributed by atoms with Crippen molar-refractivity contribution in [1.29, 1.82) is 0 Å². The molecule has 1 N–H and O–H groups in total. The van der Waals surface area contributed by atoms with Gasteiger partial charge in [0.15, 0.2) is 23.0 Å². The third-order valence-electron chi connectivity index (χ3n) is 4.13. The second-order valence-corrected chi connectivity index (χ2v) is 5.63. The molecule has 1 saturated carbocycles. The molecule has 1 fully saturated rings. The predicted octanol–water partition coefficient (Wildman–Crippen LogP) is 3.15. The molecule has 0 aromatic heterocycles. The van der Waals surface area contributed by atoms with Gasteiger partial charge in [-0.1, -0.05) is 0 Å². The number of halogens is 2. The molecule has 1 aromatic rings. The molecule has 2 rings (SSSR count). The lowest BCUT2D eigenvalue weighted by molar-refractivity contribution is -0.131. The Morgan fingerprint density at radius 3 is 2.35 bits per heavy atom. The van der Waals surface area contributed by atoms with Crippen LogP contribution in [0, 0.1) is 5.82 Å². The number of hydrogen-bond acceptors (Lipinski definition) is 4. The van der Waals surface area contributed by atoms with Crippen molar-refractivity contribution in [2.75, 3.05) is 7.11 Å². The largest absolute Gasteiger partial charge is 0.496 e. The Morgan fingerprint density at radius 2 is 1.87 bits per heavy atom. The molecule has 1 aromatic carbocycles. The molecule has 0 unspecified atom stereocenters. The van der Waals surface area contributed by atoms with Crippen LogP contribution in [-0.2, 0) is 4.79 Å². The normalized spacial score (nSPS) is 24.1. The van der Waals surface area contributed by atoms with Crippen LogP contribution in [0.15, 0.2) is 12.1 Å². The van der Waals surface area contributed by atoms with Crippen LogP contribution in [0.3, 0.4) is 0 Å². The van der Waals surface area contributed by atoms with Gasteiger partial charge in [0.05, 0.1) is 13.2 Å². The SMILES string of the molecule is COc1cc(F)c(OC2CCC(F)(C(C)=O)CC2)cc1C(=O)O. The summed E-state index contributed by atoms with van der Waals surface area (Å²) in [5.41, 5.74) is -2.06. The van der Waals surface area contributed by atoms with E-state index in [-0.39, 0.29) is 42.7 Å². The van der Waals surface area contributed by atoms with Gasteiger partial charge < -0.3 is 14.6 Å². The first-order valence-corrected chi connectivity index (χ1v) is 7.24. The zero-order valence-corrected chi connectivity index (χ0v) is 12.9. The number of hydrogen-bond donors (Lipinski definition) is 1. The number of carbonyl (C=O) groups is 2. The van der Waals surface area contributed by atoms with Crippen LogP contribution in [0.25, 0.3) is 0 Å². The number of benzene rings is 1. The highest BCUT2D eigenvalue weighted by molar-refractivity contribution is 5.91. The number of carbonyl (C=O) groups excluding carboxylic acids is 1. The summed E-state index contributed by atoms with van der Waals surface area (Å²) < 4.78 is 38.5. The molecule has 1 aliphatic rings. The summed E-state index contributed by atoms with van der Waals surface area (Å²) in [6.45, 7) is 1.21. The first kappa shape index (κ1) is 17.2. The van der Waals surface area contributed by atoms with E-state index in [1.807, 2.05) is 0 Å². The highest BCUT2D eigenvalue weighted by Gasteiger charge is 2.40. The van der Waals surface area contributed by atoms with Crippen LogP contribution in [0.5, 0.6) is 11.5 Å². The fourth-order valence-corrected chi connectivity index (χ4v) is 2.66. The van der Waals surface area contributed by atoms with E-state index in [4.69, 9.17) is 14.6 Å². The van der Waals surface area contributed by atoms with Crippen molar-refractivity contribution < 1.29 is 33.0 Å². The lowest BCUT2D eigenvalue weighted by atomic mass is 9.82. The van der Waals surface area contributed by atoms with Gasteiger partial charge in [-0.3, -0.25) is 4.79 Å². The van der Waals surface area contributed by atoms with Gasteiger partial charge in [-0.2, -0.15) is 0 Å². The average Bonchev–Trinajstić information content (AvgIpc) is 2.50. The fraction of sp³-hybridized carbons (Fsp3) is 0.500. The van der Waals surface area contributed by atoms with E-state index < -0.39 is 29.3 Å². The summed E-state index contributed by atoms with van der Waals surface area (Å²) >= 11 is 0. The van der Waals surface area contributed by atoms with E-state index >= 15 is 0 Å². The molecule has 0 bridgehead atoms. The lowest BCUT2D eigenvalue weighted by Crippen LogP contribution is -2.39. The number of aromatic carboxylic acids is 1. The van der Waals surface area contributed by atoms with Crippen molar-refractivity contribution in [3.63, 3.8) is 0 Å². The highest BCUT2D eigenvalue weighted by atomic mass is 19.1. The molecule has 0 heterocycles. The summed E-state index contributed by atoms with van der Waals surface area (Å²) in [4.78, 5) is 22.4. The maximum absolute atomic E-state index is 14.2. The molecule has 0 spiro atoms. The Kier molecular flexibility index (Phi) is 4.87. The van der Waals surface area contributed by atoms with E-state index in [1.54, 1.807) is 0 Å². The summed E-state index contributed by atoms with van der Waals surface area (Å²) in [5.74, 6) is -2.86. The molecule has 0 radical (unpaired) electrons. The minimum atomic E-state index is -1.84. The van der Waals surface area contributed by atoms with Crippen molar-refractivity contribution >= 4 is 11.8 Å². The number of carboxylic acid groups (broad SMARTS) is 1. The first-order valence-electron chi connectivity index (χ1n) is 7.24. The van der Waals surface area contributed by atoms with Crippen LogP contribution in [-0.4, -0.2) is 35.7 Å². The van der Waals surface area contributed by atoms with Gasteiger partial charge in [-0.05, 0) is 32.6 Å². The summed E-state index contributed by atoms with van der Waals surface area (Å²) in [7, 11) is 1.24. The third-order valence-corrected chi connectivity index (χ3v) is 4.13. The van der Waals surface area contributed by atoms with Crippen molar-refractivity contribution in [1.82, 2.24) is 0 Å². The summed E-state index contributed by atoms with van der Waals surface area (Å²) in [5, 5.41) is 9.10. The maximum Gasteiger partial charge on any atom is 0.339 e. The van der Waals surface area contributed by atoms with Gasteiger partial charge in [0.1, 0.15) is 11.3 Å². The number of carboxylic acids is 1. The maximum atomic E-state index is 14.2. The minimum absolute atomic E-state index is 0.0105. The third kappa shape index (κ3) is 3.60. The van der Waals surface area contributed by atoms with Gasteiger partial charge in [-0.25, -0.2) is 13.6 Å². The standard InChI is InChI=1S/C16H18F2O5/c1-9(19)16(18)5-3-10(4-6-16)23-14-7-11(15(20)21)13(22-2)8-12(14)17/h7-8,10H,3-6H2,1-2H3,(H,20,21). The molecular weight excluding hydrogens is 310 g/mol. The van der Waals surface area contributed by atoms with E-state index in [2.05, 4.69) is 0 Å². The van der Waals surface area contributed by atoms with E-state index in [0.29, 0.717) is 0 Å². The topological polar surface area (TPSA) is 72.8 Å². The van der Waals surface area contributed by atoms with Gasteiger partial charge >= 0.3 is 5.97 Å². The molecule has 0 amide bonds. The molecule has 0 atom stereocenters. The van der Waals surface area contributed by atoms with Crippen molar-refractivity contribution in [2.24, 2.45) is 0 Å². The van der Waals surface area contributed by atoms with E-state index in [9.17, 15) is 18.4 Å². The van der Waals surface area contributed by atoms with Crippen molar-refractivity contribution in [3.8, 4) is 11.5 Å². The number of rotatable bonds is 5. The Labute approximate surface area is 132 Å². The zero-order chi connectivity index (χ0) is 17.2. The number of methoxy groups -OCH3 is 1. The molecule has 23 heavy (non-hydrogen) atoms. The van der Waals surface area contributed by atoms with Crippen LogP contribution in [0.1, 0.15) is 43.0 Å². The smallest absolute Gasteiger partial charge is 0.339 e. The number of Topliss-reactive ketones (excluding diaryl/α,β-unsaturated/α-hetero) is 1. The van der Waals surface area contributed by atoms with Crippen molar-refractivity contribution in [3.05, 3.63) is 23.5 Å². The van der Waals surface area contributed by atoms with E-state index in [0.717, 1.165) is 12.1 Å². The minimum Gasteiger partial charge on any atom is -0.496 e. The Morgan fingerprint density at radius 1 is 1.26 bits per heavy atom. The Bertz CT molecular complexity index is 621. The fourth-order valence-electron chi connectivity index (χ4n) is 2.66. The second-order valence-electron chi connectivity index (χ2n) is 5.63. The van der Waals surface area contributed by atoms with Crippen LogP contribution in [0.2, 0.25) is 0 Å². The van der Waals surface area contributed by atoms with Crippen LogP contribution < -0.4 is 9.47 Å². The van der Waals surface area contributed by atoms with Gasteiger partial charge in [0.2, 0.25) is 0 Å². The summed E-state index contributed by atoms with van der Waals surface area (Å²) in [6.07, 6.45) is 0.0591. The van der Waals surface area contributed by atoms with Gasteiger partial charge in [0, 0.05) is 12.1 Å². The molecule has 0 aliphatic heterocycles. The predicted molar refractivity (Wildman–Crippen MR) is 77.3 cm³/mol. The Hall–Kier alpha value is -2.18. The highest BCUT2D eigenvalue weighted by Crippen LogP contribution is 2.36. The summed E-state index contributed by atoms with van der Waals surface area (Å²) in [6, 6.07) is 2.00. The molecule has 7 heteroatoms. The van der Waals surface area contributed by atoms with E-state index in [1.165, 1.54) is 14.0 Å².